The van der Waals surface area contributed by atoms with Crippen LogP contribution in [0, 0.1) is 6.92 Å². The molecule has 0 radical (unpaired) electrons. The van der Waals surface area contributed by atoms with Crippen LogP contribution >= 0.6 is 0 Å². The molecular weight excluding hydrogens is 456 g/mol. The van der Waals surface area contributed by atoms with Crippen molar-refractivity contribution in [2.45, 2.75) is 31.9 Å². The first kappa shape index (κ1) is 24.4. The summed E-state index contributed by atoms with van der Waals surface area (Å²) in [5.74, 6) is 3.06. The summed E-state index contributed by atoms with van der Waals surface area (Å²) < 4.78 is 11.4. The van der Waals surface area contributed by atoms with Gasteiger partial charge >= 0.3 is 0 Å². The Bertz CT molecular complexity index is 1180. The topological polar surface area (TPSA) is 105 Å². The van der Waals surface area contributed by atoms with Gasteiger partial charge in [0.1, 0.15) is 30.1 Å². The van der Waals surface area contributed by atoms with E-state index in [2.05, 4.69) is 33.5 Å². The molecule has 2 aliphatic rings. The third-order valence-electron chi connectivity index (χ3n) is 6.59. The molecule has 3 N–H and O–H groups in total. The number of ether oxygens (including phenoxy) is 2. The molecule has 0 aliphatic carbocycles. The van der Waals surface area contributed by atoms with E-state index in [1.807, 2.05) is 36.5 Å². The molecule has 0 spiro atoms. The highest BCUT2D eigenvalue weighted by atomic mass is 16.5. The van der Waals surface area contributed by atoms with Crippen LogP contribution in [0.2, 0.25) is 0 Å². The van der Waals surface area contributed by atoms with Gasteiger partial charge in [0.2, 0.25) is 0 Å². The van der Waals surface area contributed by atoms with Gasteiger partial charge in [0.15, 0.2) is 5.82 Å². The number of benzene rings is 1. The van der Waals surface area contributed by atoms with Gasteiger partial charge in [0.25, 0.3) is 0 Å². The number of rotatable bonds is 10. The summed E-state index contributed by atoms with van der Waals surface area (Å²) in [5, 5.41) is 16.5. The molecule has 9 nitrogen and oxygen atoms in total. The van der Waals surface area contributed by atoms with Gasteiger partial charge in [-0.05, 0) is 51.1 Å². The molecule has 0 bridgehead atoms. The number of pyridine rings is 1. The van der Waals surface area contributed by atoms with Crippen molar-refractivity contribution < 1.29 is 14.6 Å². The predicted molar refractivity (Wildman–Crippen MR) is 141 cm³/mol. The van der Waals surface area contributed by atoms with Crippen LogP contribution in [-0.2, 0) is 4.74 Å². The molecule has 190 valence electrons. The Hall–Kier alpha value is -3.27. The third kappa shape index (κ3) is 5.59. The Morgan fingerprint density at radius 1 is 1.19 bits per heavy atom. The first-order valence-corrected chi connectivity index (χ1v) is 12.6. The molecule has 4 heterocycles. The third-order valence-corrected chi connectivity index (χ3v) is 6.59. The van der Waals surface area contributed by atoms with E-state index < -0.39 is 6.10 Å². The highest BCUT2D eigenvalue weighted by Gasteiger charge is 2.22. The minimum absolute atomic E-state index is 0.203. The van der Waals surface area contributed by atoms with E-state index in [0.29, 0.717) is 24.7 Å². The smallest absolute Gasteiger partial charge is 0.162 e. The second-order valence-electron chi connectivity index (χ2n) is 9.37. The second kappa shape index (κ2) is 11.2. The first-order valence-electron chi connectivity index (χ1n) is 12.6. The summed E-state index contributed by atoms with van der Waals surface area (Å²) in [6.07, 6.45) is 3.41. The molecule has 0 amide bonds. The number of aliphatic hydroxyl groups excluding tert-OH is 1. The summed E-state index contributed by atoms with van der Waals surface area (Å²) >= 11 is 0. The monoisotopic (exact) mass is 490 g/mol. The lowest BCUT2D eigenvalue weighted by atomic mass is 10.1. The number of aromatic nitrogens is 3. The number of aliphatic hydroxyl groups is 1. The highest BCUT2D eigenvalue weighted by molar-refractivity contribution is 5.74. The van der Waals surface area contributed by atoms with E-state index in [-0.39, 0.29) is 12.6 Å². The van der Waals surface area contributed by atoms with Gasteiger partial charge in [-0.1, -0.05) is 12.1 Å². The molecule has 2 unspecified atom stereocenters. The van der Waals surface area contributed by atoms with Crippen LogP contribution in [0.3, 0.4) is 0 Å². The minimum Gasteiger partial charge on any atom is -0.491 e. The van der Waals surface area contributed by atoms with Crippen molar-refractivity contribution >= 4 is 11.6 Å². The van der Waals surface area contributed by atoms with Crippen molar-refractivity contribution in [3.05, 3.63) is 48.2 Å². The quantitative estimate of drug-likeness (QED) is 0.396. The van der Waals surface area contributed by atoms with Gasteiger partial charge in [-0.3, -0.25) is 0 Å². The second-order valence-corrected chi connectivity index (χ2v) is 9.37. The van der Waals surface area contributed by atoms with E-state index in [1.165, 1.54) is 6.42 Å². The van der Waals surface area contributed by atoms with Gasteiger partial charge in [0.05, 0.1) is 18.3 Å². The molecular formula is C27H34N6O3. The zero-order valence-electron chi connectivity index (χ0n) is 20.9. The maximum atomic E-state index is 10.0. The fourth-order valence-electron chi connectivity index (χ4n) is 4.40. The number of anilines is 2. The summed E-state index contributed by atoms with van der Waals surface area (Å²) in [6.45, 7) is 6.22. The molecule has 5 rings (SSSR count). The van der Waals surface area contributed by atoms with E-state index in [1.54, 1.807) is 7.05 Å². The summed E-state index contributed by atoms with van der Waals surface area (Å²) in [7, 11) is 1.80. The van der Waals surface area contributed by atoms with Crippen LogP contribution in [0.25, 0.3) is 22.6 Å². The van der Waals surface area contributed by atoms with Crippen molar-refractivity contribution in [1.29, 1.82) is 0 Å². The Morgan fingerprint density at radius 3 is 2.83 bits per heavy atom. The standard InChI is InChI=1S/C27H34N6O3/c1-18-25(19-7-9-29-24(14-19)33-10-4-11-33)31-27(32-26(18)30-21-8-12-35-16-21)20-5-3-6-23(13-20)36-17-22(34)15-28-2/h3,5-7,9,13-14,21-22,28,34H,4,8,10-12,15-17H2,1-2H3,(H,30,31,32). The van der Waals surface area contributed by atoms with Crippen LogP contribution in [0.1, 0.15) is 18.4 Å². The number of nitrogens with zero attached hydrogens (tertiary/aromatic N) is 4. The zero-order valence-corrected chi connectivity index (χ0v) is 20.9. The summed E-state index contributed by atoms with van der Waals surface area (Å²) in [4.78, 5) is 16.8. The molecule has 2 saturated heterocycles. The maximum absolute atomic E-state index is 10.0. The Balaban J connectivity index is 1.50. The fourth-order valence-corrected chi connectivity index (χ4v) is 4.40. The van der Waals surface area contributed by atoms with E-state index in [0.717, 1.165) is 60.1 Å². The zero-order chi connectivity index (χ0) is 24.9. The first-order chi connectivity index (χ1) is 17.6. The predicted octanol–water partition coefficient (Wildman–Crippen LogP) is 2.88. The van der Waals surface area contributed by atoms with Crippen molar-refractivity contribution in [3.8, 4) is 28.4 Å². The lowest BCUT2D eigenvalue weighted by Gasteiger charge is -2.32. The largest absolute Gasteiger partial charge is 0.491 e. The lowest BCUT2D eigenvalue weighted by Crippen LogP contribution is -2.37. The number of nitrogens with one attached hydrogen (secondary N) is 2. The fraction of sp³-hybridized carbons (Fsp3) is 0.444. The average Bonchev–Trinajstić information content (AvgIpc) is 3.37. The van der Waals surface area contributed by atoms with Crippen LogP contribution in [0.15, 0.2) is 42.6 Å². The van der Waals surface area contributed by atoms with Crippen molar-refractivity contribution in [1.82, 2.24) is 20.3 Å². The average molecular weight is 491 g/mol. The van der Waals surface area contributed by atoms with E-state index in [4.69, 9.17) is 19.4 Å². The van der Waals surface area contributed by atoms with Crippen molar-refractivity contribution in [2.24, 2.45) is 0 Å². The Kier molecular flexibility index (Phi) is 7.60. The van der Waals surface area contributed by atoms with Crippen LogP contribution in [0.4, 0.5) is 11.6 Å². The normalized spacial score (nSPS) is 18.1. The van der Waals surface area contributed by atoms with Gasteiger partial charge in [-0.15, -0.1) is 0 Å². The molecule has 2 fully saturated rings. The number of hydrogen-bond acceptors (Lipinski definition) is 9. The lowest BCUT2D eigenvalue weighted by molar-refractivity contribution is 0.108. The molecule has 2 aromatic heterocycles. The van der Waals surface area contributed by atoms with Gasteiger partial charge in [-0.25, -0.2) is 15.0 Å². The summed E-state index contributed by atoms with van der Waals surface area (Å²) in [5.41, 5.74) is 3.73. The molecule has 0 saturated carbocycles. The Labute approximate surface area is 211 Å². The Morgan fingerprint density at radius 2 is 2.08 bits per heavy atom. The molecule has 36 heavy (non-hydrogen) atoms. The van der Waals surface area contributed by atoms with Crippen LogP contribution in [-0.4, -0.2) is 78.7 Å². The van der Waals surface area contributed by atoms with Gasteiger partial charge < -0.3 is 30.1 Å². The minimum atomic E-state index is -0.586. The highest BCUT2D eigenvalue weighted by Crippen LogP contribution is 2.32. The molecule has 2 aliphatic heterocycles. The summed E-state index contributed by atoms with van der Waals surface area (Å²) in [6, 6.07) is 12.0. The van der Waals surface area contributed by atoms with Gasteiger partial charge in [-0.2, -0.15) is 0 Å². The molecule has 1 aromatic carbocycles. The maximum Gasteiger partial charge on any atom is 0.162 e. The van der Waals surface area contributed by atoms with Crippen molar-refractivity contribution in [3.63, 3.8) is 0 Å². The SMILES string of the molecule is CNCC(O)COc1cccc(-c2nc(NC3CCOC3)c(C)c(-c3ccnc(N4CCC4)c3)n2)c1. The van der Waals surface area contributed by atoms with E-state index in [9.17, 15) is 5.11 Å². The molecule has 3 aromatic rings. The molecule has 9 heteroatoms. The van der Waals surface area contributed by atoms with Gasteiger partial charge in [0, 0.05) is 49.1 Å². The number of likely N-dealkylation sites (N-methyl/N-ethyl adjacent to an activating group) is 1. The van der Waals surface area contributed by atoms with Crippen LogP contribution < -0.4 is 20.3 Å². The molecule has 2 atom stereocenters. The number of hydrogen-bond donors (Lipinski definition) is 3. The van der Waals surface area contributed by atoms with E-state index >= 15 is 0 Å². The van der Waals surface area contributed by atoms with Crippen LogP contribution in [0.5, 0.6) is 5.75 Å². The van der Waals surface area contributed by atoms with Crippen molar-refractivity contribution in [2.75, 3.05) is 56.7 Å².